The Kier molecular flexibility index (Phi) is 1.87. The van der Waals surface area contributed by atoms with Gasteiger partial charge < -0.3 is 10.2 Å². The van der Waals surface area contributed by atoms with Crippen molar-refractivity contribution in [3.8, 4) is 11.5 Å². The van der Waals surface area contributed by atoms with E-state index < -0.39 is 23.2 Å². The van der Waals surface area contributed by atoms with Crippen molar-refractivity contribution >= 4 is 0 Å². The van der Waals surface area contributed by atoms with Crippen LogP contribution in [0.4, 0.5) is 13.2 Å². The molecule has 0 saturated heterocycles. The molecule has 0 bridgehead atoms. The number of benzene rings is 1. The van der Waals surface area contributed by atoms with E-state index in [1.165, 1.54) is 0 Å². The van der Waals surface area contributed by atoms with Gasteiger partial charge in [0.25, 0.3) is 0 Å². The van der Waals surface area contributed by atoms with Gasteiger partial charge in [-0.1, -0.05) is 6.07 Å². The summed E-state index contributed by atoms with van der Waals surface area (Å²) in [6.45, 7) is 0. The number of halogens is 3. The Bertz CT molecular complexity index is 273. The molecule has 0 heterocycles. The van der Waals surface area contributed by atoms with Crippen LogP contribution in [0.1, 0.15) is 5.56 Å². The average molecular weight is 178 g/mol. The summed E-state index contributed by atoms with van der Waals surface area (Å²) in [7, 11) is 0. The molecule has 2 N–H and O–H groups in total. The molecule has 12 heavy (non-hydrogen) atoms. The number of hydrogen-bond donors (Lipinski definition) is 2. The van der Waals surface area contributed by atoms with Gasteiger partial charge in [0.1, 0.15) is 17.1 Å². The summed E-state index contributed by atoms with van der Waals surface area (Å²) in [5, 5.41) is 17.5. The van der Waals surface area contributed by atoms with Gasteiger partial charge in [-0.05, 0) is 12.1 Å². The topological polar surface area (TPSA) is 40.5 Å². The minimum absolute atomic E-state index is 0.864. The van der Waals surface area contributed by atoms with Gasteiger partial charge in [0, 0.05) is 0 Å². The first-order chi connectivity index (χ1) is 5.43. The van der Waals surface area contributed by atoms with Crippen molar-refractivity contribution < 1.29 is 23.4 Å². The second-order valence-corrected chi connectivity index (χ2v) is 2.17. The van der Waals surface area contributed by atoms with Crippen molar-refractivity contribution in [2.45, 2.75) is 6.18 Å². The van der Waals surface area contributed by atoms with Crippen LogP contribution in [-0.4, -0.2) is 10.2 Å². The third-order valence-corrected chi connectivity index (χ3v) is 1.30. The predicted octanol–water partition coefficient (Wildman–Crippen LogP) is 2.12. The molecule has 0 aliphatic carbocycles. The second kappa shape index (κ2) is 2.58. The Morgan fingerprint density at radius 2 is 1.42 bits per heavy atom. The number of rotatable bonds is 0. The van der Waals surface area contributed by atoms with Crippen LogP contribution in [0.3, 0.4) is 0 Å². The van der Waals surface area contributed by atoms with Crippen molar-refractivity contribution in [1.82, 2.24) is 0 Å². The van der Waals surface area contributed by atoms with Gasteiger partial charge in [-0.3, -0.25) is 0 Å². The van der Waals surface area contributed by atoms with E-state index in [-0.39, 0.29) is 0 Å². The van der Waals surface area contributed by atoms with Crippen LogP contribution in [0.25, 0.3) is 0 Å². The molecule has 0 atom stereocenters. The molecular weight excluding hydrogens is 173 g/mol. The molecule has 0 aliphatic rings. The molecule has 0 radical (unpaired) electrons. The molecule has 0 amide bonds. The number of phenolic OH excluding ortho intramolecular Hbond substituents is 2. The molecule has 1 aromatic rings. The lowest BCUT2D eigenvalue weighted by Gasteiger charge is -2.09. The minimum atomic E-state index is -4.73. The van der Waals surface area contributed by atoms with Crippen molar-refractivity contribution in [3.63, 3.8) is 0 Å². The van der Waals surface area contributed by atoms with Crippen molar-refractivity contribution in [2.75, 3.05) is 0 Å². The maximum absolute atomic E-state index is 12.0. The Labute approximate surface area is 65.9 Å². The normalized spacial score (nSPS) is 11.6. The summed E-state index contributed by atoms with van der Waals surface area (Å²) >= 11 is 0. The maximum Gasteiger partial charge on any atom is 0.423 e. The molecule has 0 fully saturated rings. The fourth-order valence-corrected chi connectivity index (χ4v) is 0.819. The number of hydrogen-bond acceptors (Lipinski definition) is 2. The summed E-state index contributed by atoms with van der Waals surface area (Å²) in [6.07, 6.45) is -4.73. The Morgan fingerprint density at radius 1 is 1.00 bits per heavy atom. The number of alkyl halides is 3. The highest BCUT2D eigenvalue weighted by atomic mass is 19.4. The van der Waals surface area contributed by atoms with E-state index in [0.29, 0.717) is 0 Å². The molecule has 66 valence electrons. The van der Waals surface area contributed by atoms with Crippen LogP contribution in [0.15, 0.2) is 18.2 Å². The minimum Gasteiger partial charge on any atom is -0.507 e. The summed E-state index contributed by atoms with van der Waals surface area (Å²) in [4.78, 5) is 0. The lowest BCUT2D eigenvalue weighted by molar-refractivity contribution is -0.139. The summed E-state index contributed by atoms with van der Waals surface area (Å²) in [5.41, 5.74) is -1.40. The summed E-state index contributed by atoms with van der Waals surface area (Å²) < 4.78 is 36.0. The van der Waals surface area contributed by atoms with Crippen LogP contribution < -0.4 is 0 Å². The van der Waals surface area contributed by atoms with Gasteiger partial charge in [-0.2, -0.15) is 13.2 Å². The zero-order valence-corrected chi connectivity index (χ0v) is 5.76. The zero-order chi connectivity index (χ0) is 9.35. The van der Waals surface area contributed by atoms with E-state index in [9.17, 15) is 13.2 Å². The number of aromatic hydroxyl groups is 2. The highest BCUT2D eigenvalue weighted by Crippen LogP contribution is 2.40. The van der Waals surface area contributed by atoms with Crippen molar-refractivity contribution in [2.24, 2.45) is 0 Å². The molecule has 1 aromatic carbocycles. The van der Waals surface area contributed by atoms with Crippen LogP contribution in [0.2, 0.25) is 0 Å². The number of phenols is 2. The lowest BCUT2D eigenvalue weighted by Crippen LogP contribution is -2.05. The standard InChI is InChI=1S/C7H5F3O2/c8-7(9,10)6-4(11)2-1-3-5(6)12/h1-3,11-12H. The Balaban J connectivity index is 3.31. The predicted molar refractivity (Wildman–Crippen MR) is 34.8 cm³/mol. The zero-order valence-electron chi connectivity index (χ0n) is 5.76. The van der Waals surface area contributed by atoms with Gasteiger partial charge >= 0.3 is 6.18 Å². The SMILES string of the molecule is Oc1cccc(O)c1C(F)(F)F. The van der Waals surface area contributed by atoms with Gasteiger partial charge in [0.15, 0.2) is 0 Å². The van der Waals surface area contributed by atoms with Crippen LogP contribution in [0.5, 0.6) is 11.5 Å². The third-order valence-electron chi connectivity index (χ3n) is 1.30. The van der Waals surface area contributed by atoms with Gasteiger partial charge in [0.2, 0.25) is 0 Å². The maximum atomic E-state index is 12.0. The van der Waals surface area contributed by atoms with E-state index in [4.69, 9.17) is 10.2 Å². The molecule has 0 saturated carbocycles. The highest BCUT2D eigenvalue weighted by molar-refractivity contribution is 5.44. The molecule has 1 rings (SSSR count). The monoisotopic (exact) mass is 178 g/mol. The molecule has 0 spiro atoms. The Morgan fingerprint density at radius 3 is 1.67 bits per heavy atom. The van der Waals surface area contributed by atoms with E-state index in [0.717, 1.165) is 18.2 Å². The van der Waals surface area contributed by atoms with E-state index in [1.807, 2.05) is 0 Å². The molecule has 0 aromatic heterocycles. The smallest absolute Gasteiger partial charge is 0.423 e. The first kappa shape index (κ1) is 8.70. The van der Waals surface area contributed by atoms with Crippen LogP contribution >= 0.6 is 0 Å². The first-order valence-electron chi connectivity index (χ1n) is 3.01. The van der Waals surface area contributed by atoms with Crippen molar-refractivity contribution in [3.05, 3.63) is 23.8 Å². The molecule has 0 unspecified atom stereocenters. The highest BCUT2D eigenvalue weighted by Gasteiger charge is 2.36. The van der Waals surface area contributed by atoms with Gasteiger partial charge in [0.05, 0.1) is 0 Å². The fourth-order valence-electron chi connectivity index (χ4n) is 0.819. The average Bonchev–Trinajstić information content (AvgIpc) is 1.82. The van der Waals surface area contributed by atoms with Crippen LogP contribution in [-0.2, 0) is 6.18 Å². The molecule has 2 nitrogen and oxygen atoms in total. The quantitative estimate of drug-likeness (QED) is 0.638. The summed E-state index contributed by atoms with van der Waals surface area (Å²) in [6, 6.07) is 2.85. The molecule has 5 heteroatoms. The van der Waals surface area contributed by atoms with Gasteiger partial charge in [-0.15, -0.1) is 0 Å². The van der Waals surface area contributed by atoms with E-state index in [2.05, 4.69) is 0 Å². The van der Waals surface area contributed by atoms with E-state index in [1.54, 1.807) is 0 Å². The van der Waals surface area contributed by atoms with Crippen molar-refractivity contribution in [1.29, 1.82) is 0 Å². The fraction of sp³-hybridized carbons (Fsp3) is 0.143. The molecular formula is C7H5F3O2. The van der Waals surface area contributed by atoms with Crippen LogP contribution in [0, 0.1) is 0 Å². The largest absolute Gasteiger partial charge is 0.507 e. The van der Waals surface area contributed by atoms with Gasteiger partial charge in [-0.25, -0.2) is 0 Å². The lowest BCUT2D eigenvalue weighted by atomic mass is 10.2. The second-order valence-electron chi connectivity index (χ2n) is 2.17. The Hall–Kier alpha value is -1.39. The first-order valence-corrected chi connectivity index (χ1v) is 3.01. The molecule has 0 aliphatic heterocycles. The summed E-state index contributed by atoms with van der Waals surface area (Å²) in [5.74, 6) is -1.94. The van der Waals surface area contributed by atoms with E-state index >= 15 is 0 Å². The third kappa shape index (κ3) is 1.44.